The number of ether oxygens (including phenoxy) is 1. The molecule has 0 unspecified atom stereocenters. The molecule has 3 atom stereocenters. The number of hydrogen-bond acceptors (Lipinski definition) is 7. The maximum Gasteiger partial charge on any atom is 0.469 e. The molecule has 146 valence electrons. The molecule has 3 rings (SSSR count). The van der Waals surface area contributed by atoms with Crippen LogP contribution < -0.4 is 17.0 Å². The normalized spacial score (nSPS) is 22.9. The zero-order valence-corrected chi connectivity index (χ0v) is 14.8. The number of rotatable bonds is 5. The molecule has 0 radical (unpaired) electrons. The fraction of sp³-hybridized carbons (Fsp3) is 0.333. The van der Waals surface area contributed by atoms with Crippen molar-refractivity contribution in [2.75, 3.05) is 12.3 Å². The van der Waals surface area contributed by atoms with Gasteiger partial charge in [0.15, 0.2) is 0 Å². The summed E-state index contributed by atoms with van der Waals surface area (Å²) in [5, 5.41) is 10.0. The lowest BCUT2D eigenvalue weighted by molar-refractivity contribution is -0.0450. The predicted molar refractivity (Wildman–Crippen MR) is 93.7 cm³/mol. The Morgan fingerprint density at radius 1 is 1.30 bits per heavy atom. The van der Waals surface area contributed by atoms with Gasteiger partial charge in [0, 0.05) is 18.3 Å². The SMILES string of the molecule is Nc1ccc(-c2cn([C@H]3C[C@H](O)[C@@H](COP(=O)(O)O)O3)c(=O)[nH]c2=O)cc1. The van der Waals surface area contributed by atoms with Crippen LogP contribution in [0.2, 0.25) is 0 Å². The summed E-state index contributed by atoms with van der Waals surface area (Å²) in [5.74, 6) is 0. The maximum atomic E-state index is 12.2. The molecule has 0 amide bonds. The van der Waals surface area contributed by atoms with Gasteiger partial charge in [-0.05, 0) is 17.7 Å². The number of nitrogens with two attached hydrogens (primary N) is 1. The second-order valence-corrected chi connectivity index (χ2v) is 7.29. The van der Waals surface area contributed by atoms with Gasteiger partial charge >= 0.3 is 13.5 Å². The predicted octanol–water partition coefficient (Wildman–Crippen LogP) is -0.457. The molecule has 11 nitrogen and oxygen atoms in total. The van der Waals surface area contributed by atoms with Gasteiger partial charge in [-0.25, -0.2) is 9.36 Å². The van der Waals surface area contributed by atoms with Crippen LogP contribution in [0.15, 0.2) is 40.1 Å². The van der Waals surface area contributed by atoms with E-state index >= 15 is 0 Å². The Balaban J connectivity index is 1.88. The minimum Gasteiger partial charge on any atom is -0.399 e. The van der Waals surface area contributed by atoms with Crippen molar-refractivity contribution in [1.29, 1.82) is 0 Å². The first-order valence-electron chi connectivity index (χ1n) is 7.89. The van der Waals surface area contributed by atoms with Gasteiger partial charge in [0.2, 0.25) is 0 Å². The highest BCUT2D eigenvalue weighted by Crippen LogP contribution is 2.38. The van der Waals surface area contributed by atoms with E-state index in [0.717, 1.165) is 4.57 Å². The summed E-state index contributed by atoms with van der Waals surface area (Å²) >= 11 is 0. The number of aliphatic hydroxyl groups is 1. The van der Waals surface area contributed by atoms with Crippen molar-refractivity contribution < 1.29 is 28.7 Å². The molecule has 1 aliphatic rings. The Bertz CT molecular complexity index is 980. The summed E-state index contributed by atoms with van der Waals surface area (Å²) in [5.41, 5.74) is 5.53. The van der Waals surface area contributed by atoms with Crippen LogP contribution in [-0.4, -0.2) is 43.3 Å². The third-order valence-corrected chi connectivity index (χ3v) is 4.60. The first kappa shape index (κ1) is 19.5. The summed E-state index contributed by atoms with van der Waals surface area (Å²) in [6, 6.07) is 6.45. The van der Waals surface area contributed by atoms with E-state index in [1.54, 1.807) is 24.3 Å². The number of aromatic nitrogens is 2. The molecule has 0 bridgehead atoms. The number of H-pyrrole nitrogens is 1. The van der Waals surface area contributed by atoms with Crippen LogP contribution >= 0.6 is 7.82 Å². The minimum absolute atomic E-state index is 0.0255. The van der Waals surface area contributed by atoms with Gasteiger partial charge in [0.05, 0.1) is 18.3 Å². The van der Waals surface area contributed by atoms with E-state index in [1.807, 2.05) is 0 Å². The van der Waals surface area contributed by atoms with Gasteiger partial charge in [0.1, 0.15) is 12.3 Å². The van der Waals surface area contributed by atoms with Crippen molar-refractivity contribution >= 4 is 13.5 Å². The molecule has 1 aromatic carbocycles. The Hall–Kier alpha value is -2.27. The monoisotopic (exact) mass is 399 g/mol. The molecule has 12 heteroatoms. The molecule has 0 spiro atoms. The second-order valence-electron chi connectivity index (χ2n) is 6.05. The van der Waals surface area contributed by atoms with E-state index in [4.69, 9.17) is 20.3 Å². The summed E-state index contributed by atoms with van der Waals surface area (Å²) in [4.78, 5) is 44.0. The lowest BCUT2D eigenvalue weighted by Crippen LogP contribution is -2.33. The highest BCUT2D eigenvalue weighted by Gasteiger charge is 2.37. The molecule has 2 aromatic rings. The van der Waals surface area contributed by atoms with Crippen molar-refractivity contribution in [3.05, 3.63) is 51.3 Å². The number of phosphoric acid groups is 1. The Morgan fingerprint density at radius 3 is 2.59 bits per heavy atom. The van der Waals surface area contributed by atoms with Gasteiger partial charge < -0.3 is 25.4 Å². The van der Waals surface area contributed by atoms with Crippen LogP contribution in [0.4, 0.5) is 5.69 Å². The van der Waals surface area contributed by atoms with Crippen LogP contribution in [0.25, 0.3) is 11.1 Å². The number of hydrogen-bond donors (Lipinski definition) is 5. The highest BCUT2D eigenvalue weighted by atomic mass is 31.2. The molecule has 1 aliphatic heterocycles. The zero-order valence-electron chi connectivity index (χ0n) is 13.9. The fourth-order valence-corrected chi connectivity index (χ4v) is 3.12. The maximum absolute atomic E-state index is 12.2. The van der Waals surface area contributed by atoms with Crippen molar-refractivity contribution in [2.45, 2.75) is 24.9 Å². The third kappa shape index (κ3) is 4.53. The van der Waals surface area contributed by atoms with Gasteiger partial charge in [-0.15, -0.1) is 0 Å². The van der Waals surface area contributed by atoms with Crippen molar-refractivity contribution in [3.8, 4) is 11.1 Å². The summed E-state index contributed by atoms with van der Waals surface area (Å²) in [7, 11) is -4.72. The van der Waals surface area contributed by atoms with Gasteiger partial charge in [-0.3, -0.25) is 18.9 Å². The first-order chi connectivity index (χ1) is 12.6. The van der Waals surface area contributed by atoms with Crippen molar-refractivity contribution in [1.82, 2.24) is 9.55 Å². The van der Waals surface area contributed by atoms with Crippen LogP contribution in [0.1, 0.15) is 12.6 Å². The molecular formula is C15H18N3O8P. The molecule has 1 aromatic heterocycles. The largest absolute Gasteiger partial charge is 0.469 e. The standard InChI is InChI=1S/C15H18N3O8P/c16-9-3-1-8(2-4-9)10-6-18(15(21)17-14(10)20)13-5-11(19)12(26-13)7-25-27(22,23)24/h1-4,6,11-13,19H,5,7,16H2,(H,17,20,21)(H2,22,23,24)/t11-,12+,13+/m0/s1. The first-order valence-corrected chi connectivity index (χ1v) is 9.42. The van der Waals surface area contributed by atoms with E-state index < -0.39 is 44.1 Å². The van der Waals surface area contributed by atoms with Crippen LogP contribution in [0, 0.1) is 0 Å². The molecule has 1 saturated heterocycles. The number of phosphoric ester groups is 1. The van der Waals surface area contributed by atoms with Gasteiger partial charge in [-0.1, -0.05) is 12.1 Å². The highest BCUT2D eigenvalue weighted by molar-refractivity contribution is 7.46. The third-order valence-electron chi connectivity index (χ3n) is 4.11. The number of benzene rings is 1. The van der Waals surface area contributed by atoms with Crippen LogP contribution in [-0.2, 0) is 13.8 Å². The lowest BCUT2D eigenvalue weighted by Gasteiger charge is -2.17. The number of nitrogens with zero attached hydrogens (tertiary/aromatic N) is 1. The average molecular weight is 399 g/mol. The van der Waals surface area contributed by atoms with Crippen LogP contribution in [0.5, 0.6) is 0 Å². The Labute approximate surface area is 152 Å². The fourth-order valence-electron chi connectivity index (χ4n) is 2.77. The summed E-state index contributed by atoms with van der Waals surface area (Å²) < 4.78 is 21.7. The number of nitrogens with one attached hydrogen (secondary N) is 1. The van der Waals surface area contributed by atoms with Crippen molar-refractivity contribution in [3.63, 3.8) is 0 Å². The van der Waals surface area contributed by atoms with E-state index in [-0.39, 0.29) is 12.0 Å². The molecule has 27 heavy (non-hydrogen) atoms. The Morgan fingerprint density at radius 2 is 1.96 bits per heavy atom. The topological polar surface area (TPSA) is 177 Å². The lowest BCUT2D eigenvalue weighted by atomic mass is 10.1. The number of nitrogen functional groups attached to an aromatic ring is 1. The molecule has 1 fully saturated rings. The van der Waals surface area contributed by atoms with Crippen LogP contribution in [0.3, 0.4) is 0 Å². The molecular weight excluding hydrogens is 381 g/mol. The number of aromatic amines is 1. The molecule has 6 N–H and O–H groups in total. The zero-order chi connectivity index (χ0) is 19.8. The number of anilines is 1. The molecule has 0 saturated carbocycles. The van der Waals surface area contributed by atoms with Gasteiger partial charge in [0.25, 0.3) is 5.56 Å². The minimum atomic E-state index is -4.72. The molecule has 2 heterocycles. The summed E-state index contributed by atoms with van der Waals surface area (Å²) in [6.07, 6.45) is -1.82. The summed E-state index contributed by atoms with van der Waals surface area (Å²) in [6.45, 7) is -0.551. The molecule has 0 aliphatic carbocycles. The smallest absolute Gasteiger partial charge is 0.399 e. The van der Waals surface area contributed by atoms with E-state index in [1.165, 1.54) is 6.20 Å². The van der Waals surface area contributed by atoms with Crippen molar-refractivity contribution in [2.24, 2.45) is 0 Å². The average Bonchev–Trinajstić information content (AvgIpc) is 2.94. The van der Waals surface area contributed by atoms with E-state index in [0.29, 0.717) is 11.3 Å². The number of aliphatic hydroxyl groups excluding tert-OH is 1. The second kappa shape index (κ2) is 7.39. The van der Waals surface area contributed by atoms with Gasteiger partial charge in [-0.2, -0.15) is 0 Å². The quantitative estimate of drug-likeness (QED) is 0.329. The van der Waals surface area contributed by atoms with E-state index in [9.17, 15) is 19.3 Å². The Kier molecular flexibility index (Phi) is 5.33. The van der Waals surface area contributed by atoms with E-state index in [2.05, 4.69) is 9.51 Å².